The van der Waals surface area contributed by atoms with Gasteiger partial charge in [-0.3, -0.25) is 0 Å². The molecule has 0 spiro atoms. The molecule has 4 fully saturated rings. The van der Waals surface area contributed by atoms with Crippen LogP contribution in [-0.2, 0) is 18.9 Å². The predicted molar refractivity (Wildman–Crippen MR) is 185 cm³/mol. The van der Waals surface area contributed by atoms with E-state index in [1.54, 1.807) is 9.80 Å². The Morgan fingerprint density at radius 2 is 1.16 bits per heavy atom. The first kappa shape index (κ1) is 41.0. The maximum Gasteiger partial charge on any atom is 0.410 e. The number of likely N-dealkylation sites (tertiary alicyclic amines) is 2. The van der Waals surface area contributed by atoms with Gasteiger partial charge in [-0.2, -0.15) is 4.39 Å². The van der Waals surface area contributed by atoms with E-state index in [0.29, 0.717) is 52.6 Å². The first-order valence-electron chi connectivity index (χ1n) is 16.5. The van der Waals surface area contributed by atoms with Crippen LogP contribution in [-0.4, -0.2) is 113 Å². The van der Waals surface area contributed by atoms with E-state index in [0.717, 1.165) is 0 Å². The first-order valence-corrected chi connectivity index (χ1v) is 17.7. The zero-order chi connectivity index (χ0) is 37.7. The molecule has 17 heteroatoms. The van der Waals surface area contributed by atoms with Crippen molar-refractivity contribution in [3.05, 3.63) is 51.4 Å². The van der Waals surface area contributed by atoms with E-state index in [2.05, 4.69) is 9.97 Å². The van der Waals surface area contributed by atoms with Crippen molar-refractivity contribution in [1.82, 2.24) is 19.8 Å². The average Bonchev–Trinajstić information content (AvgIpc) is 3.01. The molecule has 6 rings (SSSR count). The molecule has 4 bridgehead atoms. The number of aliphatic hydroxyl groups excluding tert-OH is 1. The summed E-state index contributed by atoms with van der Waals surface area (Å²) in [6.45, 7) is 14.9. The molecule has 4 saturated heterocycles. The number of carbonyl (C=O) groups excluding carboxylic acids is 2. The molecular weight excluding hydrogens is 737 g/mol. The average molecular weight is 782 g/mol. The molecule has 2 aromatic heterocycles. The van der Waals surface area contributed by atoms with Crippen molar-refractivity contribution >= 4 is 47.0 Å². The van der Waals surface area contributed by atoms with Crippen molar-refractivity contribution in [1.29, 1.82) is 0 Å². The Morgan fingerprint density at radius 3 is 1.59 bits per heavy atom. The summed E-state index contributed by atoms with van der Waals surface area (Å²) in [7, 11) is 0. The van der Waals surface area contributed by atoms with Gasteiger partial charge in [0.05, 0.1) is 42.6 Å². The molecule has 12 nitrogen and oxygen atoms in total. The number of ether oxygens (including phenoxy) is 5. The number of pyridine rings is 2. The number of hydrogen-bond acceptors (Lipinski definition) is 10. The van der Waals surface area contributed by atoms with Gasteiger partial charge in [-0.15, -0.1) is 0 Å². The van der Waals surface area contributed by atoms with E-state index >= 15 is 0 Å². The summed E-state index contributed by atoms with van der Waals surface area (Å²) in [6.07, 6.45) is 1.47. The van der Waals surface area contributed by atoms with Crippen molar-refractivity contribution in [2.75, 3.05) is 52.6 Å². The summed E-state index contributed by atoms with van der Waals surface area (Å²) in [6, 6.07) is 2.71. The Morgan fingerprint density at radius 1 is 0.745 bits per heavy atom. The molecule has 0 aliphatic carbocycles. The van der Waals surface area contributed by atoms with Gasteiger partial charge in [0.25, 0.3) is 5.88 Å². The molecule has 1 N–H and O–H groups in total. The van der Waals surface area contributed by atoms with Crippen LogP contribution in [0, 0.1) is 35.3 Å². The lowest BCUT2D eigenvalue weighted by atomic mass is 9.84. The van der Waals surface area contributed by atoms with Crippen LogP contribution in [0.4, 0.5) is 18.4 Å². The largest absolute Gasteiger partial charge is 0.471 e. The highest BCUT2D eigenvalue weighted by atomic mass is 35.5. The fourth-order valence-electron chi connectivity index (χ4n) is 5.97. The smallest absolute Gasteiger partial charge is 0.410 e. The van der Waals surface area contributed by atoms with E-state index in [4.69, 9.17) is 58.5 Å². The molecule has 284 valence electrons. The van der Waals surface area contributed by atoms with Gasteiger partial charge in [0, 0.05) is 62.2 Å². The van der Waals surface area contributed by atoms with Crippen LogP contribution < -0.4 is 4.74 Å². The van der Waals surface area contributed by atoms with Gasteiger partial charge in [-0.25, -0.2) is 23.9 Å². The zero-order valence-corrected chi connectivity index (χ0v) is 31.7. The van der Waals surface area contributed by atoms with Gasteiger partial charge in [-0.1, -0.05) is 34.8 Å². The van der Waals surface area contributed by atoms with Crippen LogP contribution in [0.3, 0.4) is 0 Å². The number of carbonyl (C=O) groups is 2. The molecule has 4 atom stereocenters. The number of aromatic nitrogens is 2. The summed E-state index contributed by atoms with van der Waals surface area (Å²) in [4.78, 5) is 35.0. The molecule has 2 amide bonds. The van der Waals surface area contributed by atoms with Gasteiger partial charge < -0.3 is 38.6 Å². The second-order valence-corrected chi connectivity index (χ2v) is 15.9. The van der Waals surface area contributed by atoms with Crippen LogP contribution in [0.1, 0.15) is 41.5 Å². The molecule has 4 aliphatic heterocycles. The summed E-state index contributed by atoms with van der Waals surface area (Å²) in [5.41, 5.74) is -1.03. The van der Waals surface area contributed by atoms with Gasteiger partial charge in [0.15, 0.2) is 11.0 Å². The first-order chi connectivity index (χ1) is 23.8. The number of rotatable bonds is 2. The molecule has 4 unspecified atom stereocenters. The maximum atomic E-state index is 14.1. The fourth-order valence-corrected chi connectivity index (χ4v) is 6.46. The lowest BCUT2D eigenvalue weighted by Gasteiger charge is -2.46. The van der Waals surface area contributed by atoms with Crippen molar-refractivity contribution in [3.63, 3.8) is 0 Å². The van der Waals surface area contributed by atoms with E-state index < -0.39 is 22.8 Å². The summed E-state index contributed by atoms with van der Waals surface area (Å²) in [5.74, 6) is -1.57. The highest BCUT2D eigenvalue weighted by molar-refractivity contribution is 6.34. The van der Waals surface area contributed by atoms with E-state index in [-0.39, 0.29) is 69.1 Å². The summed E-state index contributed by atoms with van der Waals surface area (Å²) in [5, 5.41) is 9.74. The Hall–Kier alpha value is -2.75. The van der Waals surface area contributed by atoms with Crippen LogP contribution in [0.2, 0.25) is 15.2 Å². The normalized spacial score (nSPS) is 25.7. The third-order valence-corrected chi connectivity index (χ3v) is 9.05. The minimum Gasteiger partial charge on any atom is -0.471 e. The molecule has 0 saturated carbocycles. The Balaban J connectivity index is 0.000000192. The molecule has 6 heterocycles. The predicted octanol–water partition coefficient (Wildman–Crippen LogP) is 6.52. The van der Waals surface area contributed by atoms with Gasteiger partial charge in [-0.05, 0) is 53.7 Å². The number of amides is 2. The Bertz CT molecular complexity index is 1470. The number of fused-ring (bicyclic) bond motifs is 4. The Kier molecular flexibility index (Phi) is 14.0. The summed E-state index contributed by atoms with van der Waals surface area (Å²) < 4.78 is 54.1. The highest BCUT2D eigenvalue weighted by Crippen LogP contribution is 2.34. The van der Waals surface area contributed by atoms with E-state index in [1.807, 2.05) is 41.5 Å². The molecular formula is C34H45Cl3F2N4O8. The second kappa shape index (κ2) is 17.4. The minimum atomic E-state index is -0.669. The zero-order valence-electron chi connectivity index (χ0n) is 29.4. The van der Waals surface area contributed by atoms with Crippen LogP contribution >= 0.6 is 34.8 Å². The molecule has 51 heavy (non-hydrogen) atoms. The van der Waals surface area contributed by atoms with Crippen LogP contribution in [0.15, 0.2) is 24.5 Å². The lowest BCUT2D eigenvalue weighted by molar-refractivity contribution is -0.122. The van der Waals surface area contributed by atoms with Gasteiger partial charge in [0.2, 0.25) is 5.82 Å². The topological polar surface area (TPSA) is 133 Å². The lowest BCUT2D eigenvalue weighted by Crippen LogP contribution is -2.59. The third kappa shape index (κ3) is 11.6. The fraction of sp³-hybridized carbons (Fsp3) is 0.647. The molecule has 0 radical (unpaired) electrons. The molecule has 4 aliphatic rings. The highest BCUT2D eigenvalue weighted by Gasteiger charge is 2.45. The van der Waals surface area contributed by atoms with Crippen molar-refractivity contribution in [2.45, 2.75) is 65.0 Å². The number of nitrogens with zero attached hydrogens (tertiary/aromatic N) is 4. The van der Waals surface area contributed by atoms with Crippen LogP contribution in [0.25, 0.3) is 0 Å². The minimum absolute atomic E-state index is 0.00463. The quantitative estimate of drug-likeness (QED) is 0.336. The van der Waals surface area contributed by atoms with Crippen molar-refractivity contribution in [2.24, 2.45) is 23.7 Å². The maximum absolute atomic E-state index is 14.1. The molecule has 0 aromatic carbocycles. The SMILES string of the molecule is CC(C)(C)OC(=O)N1CC2COCC(C1)C2O.CC(C)(C)OC(=O)N1CC2COCC(C1)C2Oc1nccc(Cl)c1F.Fc1c(Cl)ccnc1Cl. The number of halogens is 5. The van der Waals surface area contributed by atoms with E-state index in [1.165, 1.54) is 24.5 Å². The third-order valence-electron chi connectivity index (χ3n) is 8.20. The van der Waals surface area contributed by atoms with Crippen LogP contribution in [0.5, 0.6) is 5.88 Å². The van der Waals surface area contributed by atoms with Crippen molar-refractivity contribution < 1.29 is 47.2 Å². The standard InChI is InChI=1S/C17H22ClFN2O4.C12H21NO4.C5H2Cl2FN/c1-17(2,3)25-16(22)21-6-10-8-23-9-11(7-21)14(10)24-15-13(19)12(18)4-5-20-15;1-12(2,3)17-11(15)13-4-8-6-16-7-9(5-13)10(8)14;6-3-1-2-9-5(7)4(3)8/h4-5,10-11,14H,6-9H2,1-3H3;8-10,14H,4-7H2,1-3H3;1-2H. The monoisotopic (exact) mass is 780 g/mol. The number of aliphatic hydroxyl groups is 1. The number of piperidine rings is 2. The second-order valence-electron chi connectivity index (χ2n) is 14.8. The van der Waals surface area contributed by atoms with Gasteiger partial charge in [0.1, 0.15) is 17.3 Å². The number of hydrogen-bond donors (Lipinski definition) is 1. The molecule has 2 aromatic rings. The van der Waals surface area contributed by atoms with E-state index in [9.17, 15) is 23.5 Å². The Labute approximate surface area is 311 Å². The van der Waals surface area contributed by atoms with Crippen molar-refractivity contribution in [3.8, 4) is 5.88 Å². The summed E-state index contributed by atoms with van der Waals surface area (Å²) >= 11 is 16.3. The van der Waals surface area contributed by atoms with Gasteiger partial charge >= 0.3 is 12.2 Å².